The van der Waals surface area contributed by atoms with E-state index in [9.17, 15) is 0 Å². The van der Waals surface area contributed by atoms with E-state index >= 15 is 0 Å². The van der Waals surface area contributed by atoms with Crippen LogP contribution >= 0.6 is 23.4 Å². The summed E-state index contributed by atoms with van der Waals surface area (Å²) >= 11 is 7.82. The first kappa shape index (κ1) is 9.38. The maximum atomic E-state index is 5.92. The van der Waals surface area contributed by atoms with Crippen LogP contribution in [0.25, 0.3) is 0 Å². The molecule has 0 fully saturated rings. The lowest BCUT2D eigenvalue weighted by molar-refractivity contribution is 0.687. The van der Waals surface area contributed by atoms with E-state index in [1.807, 2.05) is 24.9 Å². The molecule has 0 saturated carbocycles. The van der Waals surface area contributed by atoms with Gasteiger partial charge in [0.05, 0.1) is 0 Å². The van der Waals surface area contributed by atoms with Crippen molar-refractivity contribution in [3.63, 3.8) is 0 Å². The number of thioether (sulfide) groups is 1. The van der Waals surface area contributed by atoms with Crippen LogP contribution in [0.15, 0.2) is 23.1 Å². The monoisotopic (exact) mass is 213 g/mol. The Balaban J connectivity index is 2.27. The summed E-state index contributed by atoms with van der Waals surface area (Å²) in [6, 6.07) is 6.20. The van der Waals surface area contributed by atoms with E-state index in [4.69, 9.17) is 11.6 Å². The van der Waals surface area contributed by atoms with Crippen LogP contribution in [-0.4, -0.2) is 19.3 Å². The quantitative estimate of drug-likeness (QED) is 0.811. The third-order valence-corrected chi connectivity index (χ3v) is 3.77. The minimum absolute atomic E-state index is 0.655. The molecule has 1 N–H and O–H groups in total. The van der Waals surface area contributed by atoms with E-state index in [0.29, 0.717) is 5.92 Å². The molecule has 0 aromatic heterocycles. The Kier molecular flexibility index (Phi) is 2.82. The number of hydrogen-bond acceptors (Lipinski definition) is 2. The first-order valence-corrected chi connectivity index (χ1v) is 5.74. The number of likely N-dealkylation sites (N-methyl/N-ethyl adjacent to an activating group) is 1. The van der Waals surface area contributed by atoms with Gasteiger partial charge in [0, 0.05) is 28.1 Å². The molecule has 2 rings (SSSR count). The van der Waals surface area contributed by atoms with Gasteiger partial charge in [0.2, 0.25) is 0 Å². The van der Waals surface area contributed by atoms with E-state index in [0.717, 1.165) is 11.6 Å². The lowest BCUT2D eigenvalue weighted by atomic mass is 10.0. The molecule has 1 aromatic carbocycles. The number of halogens is 1. The Morgan fingerprint density at radius 2 is 2.46 bits per heavy atom. The largest absolute Gasteiger partial charge is 0.319 e. The van der Waals surface area contributed by atoms with Gasteiger partial charge in [0.25, 0.3) is 0 Å². The van der Waals surface area contributed by atoms with Crippen LogP contribution in [0.5, 0.6) is 0 Å². The molecule has 1 aromatic rings. The molecule has 3 heteroatoms. The van der Waals surface area contributed by atoms with Crippen molar-refractivity contribution >= 4 is 23.4 Å². The standard InChI is InChI=1S/C10H12ClNS/c1-12-5-7-6-13-10-4-8(11)2-3-9(7)10/h2-4,7,12H,5-6H2,1H3. The predicted molar refractivity (Wildman–Crippen MR) is 58.8 cm³/mol. The van der Waals surface area contributed by atoms with Crippen LogP contribution in [-0.2, 0) is 0 Å². The van der Waals surface area contributed by atoms with Crippen molar-refractivity contribution in [3.8, 4) is 0 Å². The van der Waals surface area contributed by atoms with E-state index < -0.39 is 0 Å². The number of fused-ring (bicyclic) bond motifs is 1. The summed E-state index contributed by atoms with van der Waals surface area (Å²) in [4.78, 5) is 1.35. The lowest BCUT2D eigenvalue weighted by Gasteiger charge is -2.08. The van der Waals surface area contributed by atoms with Crippen LogP contribution < -0.4 is 5.32 Å². The van der Waals surface area contributed by atoms with E-state index in [2.05, 4.69) is 17.4 Å². The molecule has 70 valence electrons. The predicted octanol–water partition coefficient (Wildman–Crippen LogP) is 2.75. The van der Waals surface area contributed by atoms with Crippen LogP contribution in [0, 0.1) is 0 Å². The van der Waals surface area contributed by atoms with Gasteiger partial charge in [-0.1, -0.05) is 17.7 Å². The molecule has 1 heterocycles. The second-order valence-corrected chi connectivity index (χ2v) is 4.75. The third-order valence-electron chi connectivity index (χ3n) is 2.31. The van der Waals surface area contributed by atoms with Crippen LogP contribution in [0.1, 0.15) is 11.5 Å². The zero-order valence-electron chi connectivity index (χ0n) is 7.51. The van der Waals surface area contributed by atoms with E-state index in [1.54, 1.807) is 0 Å². The molecular weight excluding hydrogens is 202 g/mol. The molecule has 0 spiro atoms. The fraction of sp³-hybridized carbons (Fsp3) is 0.400. The summed E-state index contributed by atoms with van der Waals surface area (Å²) in [5.41, 5.74) is 1.45. The van der Waals surface area contributed by atoms with E-state index in [-0.39, 0.29) is 0 Å². The molecule has 1 aliphatic heterocycles. The highest BCUT2D eigenvalue weighted by atomic mass is 35.5. The Hall–Kier alpha value is -0.180. The van der Waals surface area contributed by atoms with Gasteiger partial charge < -0.3 is 5.32 Å². The smallest absolute Gasteiger partial charge is 0.0417 e. The van der Waals surface area contributed by atoms with Crippen molar-refractivity contribution in [1.82, 2.24) is 5.32 Å². The Labute approximate surface area is 87.9 Å². The van der Waals surface area contributed by atoms with Crippen molar-refractivity contribution in [2.45, 2.75) is 10.8 Å². The average molecular weight is 214 g/mol. The molecule has 1 unspecified atom stereocenters. The van der Waals surface area contributed by atoms with Crippen molar-refractivity contribution in [3.05, 3.63) is 28.8 Å². The number of rotatable bonds is 2. The van der Waals surface area contributed by atoms with Gasteiger partial charge >= 0.3 is 0 Å². The van der Waals surface area contributed by atoms with Gasteiger partial charge in [0.1, 0.15) is 0 Å². The van der Waals surface area contributed by atoms with Crippen LogP contribution in [0.3, 0.4) is 0 Å². The third kappa shape index (κ3) is 1.85. The molecule has 0 bridgehead atoms. The second-order valence-electron chi connectivity index (χ2n) is 3.25. The fourth-order valence-corrected chi connectivity index (χ4v) is 3.19. The summed E-state index contributed by atoms with van der Waals surface area (Å²) in [5.74, 6) is 1.83. The first-order valence-electron chi connectivity index (χ1n) is 4.38. The summed E-state index contributed by atoms with van der Waals surface area (Å²) in [6.07, 6.45) is 0. The zero-order chi connectivity index (χ0) is 9.26. The fourth-order valence-electron chi connectivity index (χ4n) is 1.67. The second kappa shape index (κ2) is 3.91. The highest BCUT2D eigenvalue weighted by Gasteiger charge is 2.22. The summed E-state index contributed by atoms with van der Waals surface area (Å²) in [7, 11) is 2.00. The van der Waals surface area contributed by atoms with E-state index in [1.165, 1.54) is 16.2 Å². The highest BCUT2D eigenvalue weighted by Crippen LogP contribution is 2.40. The van der Waals surface area contributed by atoms with Gasteiger partial charge in [-0.15, -0.1) is 11.8 Å². The van der Waals surface area contributed by atoms with Crippen molar-refractivity contribution < 1.29 is 0 Å². The minimum atomic E-state index is 0.655. The topological polar surface area (TPSA) is 12.0 Å². The van der Waals surface area contributed by atoms with Crippen LogP contribution in [0.2, 0.25) is 5.02 Å². The van der Waals surface area contributed by atoms with Crippen LogP contribution in [0.4, 0.5) is 0 Å². The zero-order valence-corrected chi connectivity index (χ0v) is 9.08. The minimum Gasteiger partial charge on any atom is -0.319 e. The molecule has 1 aliphatic rings. The number of benzene rings is 1. The van der Waals surface area contributed by atoms with Gasteiger partial charge in [-0.25, -0.2) is 0 Å². The van der Waals surface area contributed by atoms with Crippen molar-refractivity contribution in [2.24, 2.45) is 0 Å². The molecule has 0 amide bonds. The number of hydrogen-bond donors (Lipinski definition) is 1. The molecule has 0 saturated heterocycles. The molecule has 1 nitrogen and oxygen atoms in total. The maximum Gasteiger partial charge on any atom is 0.0417 e. The summed E-state index contributed by atoms with van der Waals surface area (Å²) in [6.45, 7) is 1.06. The summed E-state index contributed by atoms with van der Waals surface area (Å²) in [5, 5.41) is 4.06. The van der Waals surface area contributed by atoms with Gasteiger partial charge in [-0.2, -0.15) is 0 Å². The summed E-state index contributed by atoms with van der Waals surface area (Å²) < 4.78 is 0. The van der Waals surface area contributed by atoms with Gasteiger partial charge in [-0.3, -0.25) is 0 Å². The lowest BCUT2D eigenvalue weighted by Crippen LogP contribution is -2.16. The number of nitrogens with one attached hydrogen (secondary N) is 1. The molecular formula is C10H12ClNS. The molecule has 0 aliphatic carbocycles. The Morgan fingerprint density at radius 1 is 1.62 bits per heavy atom. The normalized spacial score (nSPS) is 20.3. The van der Waals surface area contributed by atoms with Crippen molar-refractivity contribution in [2.75, 3.05) is 19.3 Å². The van der Waals surface area contributed by atoms with Gasteiger partial charge in [-0.05, 0) is 24.7 Å². The maximum absolute atomic E-state index is 5.92. The highest BCUT2D eigenvalue weighted by molar-refractivity contribution is 7.99. The van der Waals surface area contributed by atoms with Crippen molar-refractivity contribution in [1.29, 1.82) is 0 Å². The Morgan fingerprint density at radius 3 is 3.23 bits per heavy atom. The SMILES string of the molecule is CNCC1CSc2cc(Cl)ccc21. The molecule has 13 heavy (non-hydrogen) atoms. The molecule has 1 atom stereocenters. The van der Waals surface area contributed by atoms with Gasteiger partial charge in [0.15, 0.2) is 0 Å². The molecule has 0 radical (unpaired) electrons. The Bertz CT molecular complexity index is 314. The first-order chi connectivity index (χ1) is 6.31. The average Bonchev–Trinajstić information content (AvgIpc) is 2.49.